The monoisotopic (exact) mass is 432 g/mol. The van der Waals surface area contributed by atoms with Gasteiger partial charge in [-0.25, -0.2) is 13.8 Å². The van der Waals surface area contributed by atoms with E-state index in [-0.39, 0.29) is 18.3 Å². The van der Waals surface area contributed by atoms with Crippen LogP contribution in [-0.4, -0.2) is 30.9 Å². The molecule has 2 aromatic heterocycles. The van der Waals surface area contributed by atoms with Crippen molar-refractivity contribution >= 4 is 11.7 Å². The molecule has 7 nitrogen and oxygen atoms in total. The molecule has 0 saturated heterocycles. The second-order valence-electron chi connectivity index (χ2n) is 7.77. The molecular formula is C23H18F2N6O. The first kappa shape index (κ1) is 19.9. The molecule has 4 aromatic rings. The maximum atomic E-state index is 13.9. The first-order valence-corrected chi connectivity index (χ1v) is 10.0. The highest BCUT2D eigenvalue weighted by Gasteiger charge is 2.33. The van der Waals surface area contributed by atoms with Crippen LogP contribution >= 0.6 is 0 Å². The van der Waals surface area contributed by atoms with Crippen molar-refractivity contribution in [2.75, 3.05) is 5.32 Å². The van der Waals surface area contributed by atoms with E-state index in [0.29, 0.717) is 28.3 Å². The number of fused-ring (bicyclic) bond motifs is 1. The summed E-state index contributed by atoms with van der Waals surface area (Å²) in [5, 5.41) is 15.5. The summed E-state index contributed by atoms with van der Waals surface area (Å²) in [6.45, 7) is 3.77. The van der Waals surface area contributed by atoms with Crippen molar-refractivity contribution in [3.05, 3.63) is 82.7 Å². The minimum absolute atomic E-state index is 0.0466. The first-order valence-electron chi connectivity index (χ1n) is 10.0. The summed E-state index contributed by atoms with van der Waals surface area (Å²) in [7, 11) is 0. The molecule has 0 aliphatic carbocycles. The van der Waals surface area contributed by atoms with Gasteiger partial charge in [0.05, 0.1) is 17.6 Å². The molecule has 0 saturated carbocycles. The number of carbonyl (C=O) groups is 1. The van der Waals surface area contributed by atoms with Gasteiger partial charge in [0, 0.05) is 29.5 Å². The summed E-state index contributed by atoms with van der Waals surface area (Å²) < 4.78 is 29.1. The number of amides is 1. The van der Waals surface area contributed by atoms with Crippen molar-refractivity contribution in [2.45, 2.75) is 26.2 Å². The Kier molecular flexibility index (Phi) is 4.73. The fraction of sp³-hybridized carbons (Fsp3) is 0.174. The van der Waals surface area contributed by atoms with E-state index in [1.807, 2.05) is 31.2 Å². The van der Waals surface area contributed by atoms with Gasteiger partial charge in [0.15, 0.2) is 0 Å². The van der Waals surface area contributed by atoms with Gasteiger partial charge in [0.25, 0.3) is 5.95 Å². The van der Waals surface area contributed by atoms with Gasteiger partial charge in [-0.2, -0.15) is 14.9 Å². The molecule has 0 bridgehead atoms. The number of nitrogens with one attached hydrogen (secondary N) is 1. The molecule has 0 fully saturated rings. The lowest BCUT2D eigenvalue weighted by atomic mass is 9.85. The van der Waals surface area contributed by atoms with Gasteiger partial charge in [0.2, 0.25) is 5.91 Å². The van der Waals surface area contributed by atoms with Gasteiger partial charge >= 0.3 is 0 Å². The van der Waals surface area contributed by atoms with Gasteiger partial charge in [-0.1, -0.05) is 29.8 Å². The van der Waals surface area contributed by atoms with Crippen molar-refractivity contribution in [3.8, 4) is 17.2 Å². The van der Waals surface area contributed by atoms with E-state index in [0.717, 1.165) is 17.2 Å². The van der Waals surface area contributed by atoms with Crippen LogP contribution in [0.4, 0.5) is 14.6 Å². The Labute approximate surface area is 182 Å². The van der Waals surface area contributed by atoms with Gasteiger partial charge in [0.1, 0.15) is 17.5 Å². The highest BCUT2D eigenvalue weighted by Crippen LogP contribution is 2.40. The van der Waals surface area contributed by atoms with Crippen LogP contribution in [0.3, 0.4) is 0 Å². The number of nitrogens with zero attached hydrogens (tertiary/aromatic N) is 5. The smallest absolute Gasteiger partial charge is 0.272 e. The number of aryl methyl sites for hydroxylation is 2. The quantitative estimate of drug-likeness (QED) is 0.527. The Morgan fingerprint density at radius 3 is 2.50 bits per heavy atom. The number of rotatable bonds is 3. The van der Waals surface area contributed by atoms with Gasteiger partial charge < -0.3 is 5.32 Å². The summed E-state index contributed by atoms with van der Waals surface area (Å²) >= 11 is 0. The van der Waals surface area contributed by atoms with Crippen LogP contribution in [0, 0.1) is 25.5 Å². The number of aromatic nitrogens is 5. The first-order chi connectivity index (χ1) is 15.4. The Morgan fingerprint density at radius 2 is 1.78 bits per heavy atom. The zero-order valence-corrected chi connectivity index (χ0v) is 17.3. The molecule has 3 heterocycles. The molecule has 1 unspecified atom stereocenters. The molecule has 9 heteroatoms. The average Bonchev–Trinajstić information content (AvgIpc) is 3.09. The third-order valence-corrected chi connectivity index (χ3v) is 5.47. The number of hydrogen-bond acceptors (Lipinski definition) is 5. The molecule has 1 atom stereocenters. The largest absolute Gasteiger partial charge is 0.310 e. The molecule has 1 N–H and O–H groups in total. The van der Waals surface area contributed by atoms with E-state index in [9.17, 15) is 13.6 Å². The maximum absolute atomic E-state index is 13.9. The van der Waals surface area contributed by atoms with Crippen molar-refractivity contribution < 1.29 is 13.6 Å². The lowest BCUT2D eigenvalue weighted by Gasteiger charge is -2.24. The van der Waals surface area contributed by atoms with Crippen LogP contribution < -0.4 is 5.32 Å². The number of carbonyl (C=O) groups excluding carboxylic acids is 1. The molecule has 0 radical (unpaired) electrons. The molecule has 1 aliphatic heterocycles. The van der Waals surface area contributed by atoms with E-state index in [1.165, 1.54) is 16.8 Å². The normalized spacial score (nSPS) is 15.4. The minimum atomic E-state index is -0.698. The highest BCUT2D eigenvalue weighted by atomic mass is 19.1. The lowest BCUT2D eigenvalue weighted by molar-refractivity contribution is -0.116. The van der Waals surface area contributed by atoms with E-state index < -0.39 is 17.6 Å². The molecule has 32 heavy (non-hydrogen) atoms. The Bertz CT molecular complexity index is 1330. The molecule has 1 aliphatic rings. The standard InChI is InChI=1S/C23H18F2N6O/c1-12-3-5-14(6-4-12)19-11-26-29-23(27-19)31-22-21(13(2)30-31)18(10-20(32)28-22)15-7-16(24)9-17(25)8-15/h3-9,11,18H,10H2,1-2H3,(H,28,32). The lowest BCUT2D eigenvalue weighted by Crippen LogP contribution is -2.25. The molecule has 5 rings (SSSR count). The Morgan fingerprint density at radius 1 is 1.06 bits per heavy atom. The summed E-state index contributed by atoms with van der Waals surface area (Å²) in [5.74, 6) is -1.69. The van der Waals surface area contributed by atoms with Crippen molar-refractivity contribution in [3.63, 3.8) is 0 Å². The van der Waals surface area contributed by atoms with Crippen LogP contribution in [-0.2, 0) is 4.79 Å². The molecule has 160 valence electrons. The predicted octanol–water partition coefficient (Wildman–Crippen LogP) is 4.09. The second kappa shape index (κ2) is 7.60. The van der Waals surface area contributed by atoms with E-state index in [4.69, 9.17) is 0 Å². The second-order valence-corrected chi connectivity index (χ2v) is 7.77. The highest BCUT2D eigenvalue weighted by molar-refractivity contribution is 5.95. The third-order valence-electron chi connectivity index (χ3n) is 5.47. The van der Waals surface area contributed by atoms with Gasteiger partial charge in [-0.05, 0) is 31.5 Å². The molecule has 1 amide bonds. The number of halogens is 2. The average molecular weight is 432 g/mol. The van der Waals surface area contributed by atoms with Crippen LogP contribution in [0.25, 0.3) is 17.2 Å². The van der Waals surface area contributed by atoms with E-state index in [1.54, 1.807) is 13.1 Å². The van der Waals surface area contributed by atoms with Crippen molar-refractivity contribution in [1.29, 1.82) is 0 Å². The summed E-state index contributed by atoms with van der Waals surface area (Å²) in [5.41, 5.74) is 4.21. The van der Waals surface area contributed by atoms with Crippen LogP contribution in [0.1, 0.15) is 34.7 Å². The number of benzene rings is 2. The van der Waals surface area contributed by atoms with Crippen LogP contribution in [0.2, 0.25) is 0 Å². The summed E-state index contributed by atoms with van der Waals surface area (Å²) in [4.78, 5) is 17.1. The van der Waals surface area contributed by atoms with Gasteiger partial charge in [-0.15, -0.1) is 5.10 Å². The summed E-state index contributed by atoms with van der Waals surface area (Å²) in [6, 6.07) is 11.1. The van der Waals surface area contributed by atoms with Crippen molar-refractivity contribution in [2.24, 2.45) is 0 Å². The number of anilines is 1. The summed E-state index contributed by atoms with van der Waals surface area (Å²) in [6.07, 6.45) is 1.60. The van der Waals surface area contributed by atoms with Crippen LogP contribution in [0.5, 0.6) is 0 Å². The van der Waals surface area contributed by atoms with Gasteiger partial charge in [-0.3, -0.25) is 4.79 Å². The zero-order valence-electron chi connectivity index (χ0n) is 17.3. The number of hydrogen-bond donors (Lipinski definition) is 1. The fourth-order valence-corrected chi connectivity index (χ4v) is 4.00. The predicted molar refractivity (Wildman–Crippen MR) is 113 cm³/mol. The maximum Gasteiger partial charge on any atom is 0.272 e. The van der Waals surface area contributed by atoms with E-state index >= 15 is 0 Å². The Balaban J connectivity index is 1.62. The molecule has 2 aromatic carbocycles. The van der Waals surface area contributed by atoms with Crippen LogP contribution in [0.15, 0.2) is 48.7 Å². The molecular weight excluding hydrogens is 414 g/mol. The van der Waals surface area contributed by atoms with E-state index in [2.05, 4.69) is 25.6 Å². The van der Waals surface area contributed by atoms with Crippen molar-refractivity contribution in [1.82, 2.24) is 25.0 Å². The fourth-order valence-electron chi connectivity index (χ4n) is 4.00. The third kappa shape index (κ3) is 3.51. The zero-order chi connectivity index (χ0) is 22.4. The topological polar surface area (TPSA) is 85.6 Å². The Hall–Kier alpha value is -4.01. The minimum Gasteiger partial charge on any atom is -0.310 e. The molecule has 0 spiro atoms. The SMILES string of the molecule is Cc1ccc(-c2cnnc(-n3nc(C)c4c3NC(=O)CC4c3cc(F)cc(F)c3)n2)cc1.